The summed E-state index contributed by atoms with van der Waals surface area (Å²) < 4.78 is 45.0. The maximum Gasteiger partial charge on any atom is 0.416 e. The molecule has 2 amide bonds. The largest absolute Gasteiger partial charge is 0.451 e. The van der Waals surface area contributed by atoms with E-state index in [4.69, 9.17) is 16.0 Å². The van der Waals surface area contributed by atoms with E-state index in [0.29, 0.717) is 18.5 Å². The minimum atomic E-state index is -4.53. The first-order valence-electron chi connectivity index (χ1n) is 12.9. The van der Waals surface area contributed by atoms with Gasteiger partial charge in [0.05, 0.1) is 16.6 Å². The van der Waals surface area contributed by atoms with Crippen LogP contribution in [-0.4, -0.2) is 17.9 Å². The number of nitrogens with zero attached hydrogens (tertiary/aromatic N) is 2. The topological polar surface area (TPSA) is 53.8 Å². The predicted octanol–water partition coefficient (Wildman–Crippen LogP) is 8.54. The fourth-order valence-corrected chi connectivity index (χ4v) is 5.47. The van der Waals surface area contributed by atoms with Crippen LogP contribution in [0.3, 0.4) is 0 Å². The summed E-state index contributed by atoms with van der Waals surface area (Å²) in [5.74, 6) is -0.222. The van der Waals surface area contributed by atoms with Crippen LogP contribution in [0.25, 0.3) is 11.3 Å². The lowest BCUT2D eigenvalue weighted by Crippen LogP contribution is -2.47. The third kappa shape index (κ3) is 5.11. The molecule has 4 aromatic rings. The number of anilines is 2. The maximum atomic E-state index is 13.8. The normalized spacial score (nSPS) is 16.9. The van der Waals surface area contributed by atoms with Gasteiger partial charge in [-0.3, -0.25) is 9.59 Å². The Morgan fingerprint density at radius 1 is 1.00 bits per heavy atom. The van der Waals surface area contributed by atoms with Crippen LogP contribution in [-0.2, 0) is 11.0 Å². The van der Waals surface area contributed by atoms with Gasteiger partial charge < -0.3 is 14.2 Å². The molecule has 206 valence electrons. The van der Waals surface area contributed by atoms with Crippen LogP contribution in [0.5, 0.6) is 0 Å². The van der Waals surface area contributed by atoms with E-state index in [1.54, 1.807) is 9.80 Å². The lowest BCUT2D eigenvalue weighted by atomic mass is 9.89. The zero-order valence-electron chi connectivity index (χ0n) is 21.8. The molecule has 5 rings (SSSR count). The first-order chi connectivity index (χ1) is 19.1. The monoisotopic (exact) mass is 566 g/mol. The summed E-state index contributed by atoms with van der Waals surface area (Å²) in [6.07, 6.45) is -3.71. The number of alkyl halides is 3. The molecule has 0 saturated heterocycles. The Morgan fingerprint density at radius 3 is 2.38 bits per heavy atom. The Balaban J connectivity index is 1.49. The molecular weight excluding hydrogens is 541 g/mol. The second-order valence-electron chi connectivity index (χ2n) is 9.64. The van der Waals surface area contributed by atoms with Crippen molar-refractivity contribution in [3.8, 4) is 11.3 Å². The van der Waals surface area contributed by atoms with Crippen LogP contribution in [0.4, 0.5) is 24.5 Å². The van der Waals surface area contributed by atoms with E-state index < -0.39 is 17.6 Å². The summed E-state index contributed by atoms with van der Waals surface area (Å²) in [5, 5.41) is -0.135. The summed E-state index contributed by atoms with van der Waals surface area (Å²) in [6, 6.07) is 22.3. The Labute approximate surface area is 234 Å². The number of hydrogen-bond acceptors (Lipinski definition) is 3. The summed E-state index contributed by atoms with van der Waals surface area (Å²) in [7, 11) is 0. The number of carbonyl (C=O) groups excluding carboxylic acids is 2. The molecule has 2 heterocycles. The molecule has 0 saturated carbocycles. The molecule has 1 aliphatic heterocycles. The number of para-hydroxylation sites is 2. The van der Waals surface area contributed by atoms with Crippen molar-refractivity contribution >= 4 is 34.8 Å². The highest BCUT2D eigenvalue weighted by atomic mass is 35.5. The van der Waals surface area contributed by atoms with E-state index >= 15 is 0 Å². The Kier molecular flexibility index (Phi) is 7.47. The zero-order chi connectivity index (χ0) is 28.6. The highest BCUT2D eigenvalue weighted by Crippen LogP contribution is 2.43. The summed E-state index contributed by atoms with van der Waals surface area (Å²) in [5.41, 5.74) is 1.65. The molecule has 0 radical (unpaired) electrons. The van der Waals surface area contributed by atoms with Crippen LogP contribution in [0.2, 0.25) is 5.02 Å². The SMILES string of the molecule is CCC(=O)N(c1ccccc1)C1CC(C)N(C(=O)c2ccc(-c3ccc(C(F)(F)F)cc3Cl)o2)c2ccccc21. The van der Waals surface area contributed by atoms with Crippen LogP contribution in [0.15, 0.2) is 89.3 Å². The van der Waals surface area contributed by atoms with E-state index in [1.165, 1.54) is 18.2 Å². The van der Waals surface area contributed by atoms with Gasteiger partial charge >= 0.3 is 6.18 Å². The Bertz CT molecular complexity index is 1550. The van der Waals surface area contributed by atoms with Gasteiger partial charge in [-0.05, 0) is 67.4 Å². The van der Waals surface area contributed by atoms with Crippen molar-refractivity contribution in [2.24, 2.45) is 0 Å². The lowest BCUT2D eigenvalue weighted by Gasteiger charge is -2.43. The number of halogens is 4. The fraction of sp³-hybridized carbons (Fsp3) is 0.226. The highest BCUT2D eigenvalue weighted by Gasteiger charge is 2.39. The number of amides is 2. The fourth-order valence-electron chi connectivity index (χ4n) is 5.20. The molecule has 0 aliphatic carbocycles. The number of fused-ring (bicyclic) bond motifs is 1. The molecule has 9 heteroatoms. The molecule has 0 N–H and O–H groups in total. The molecule has 0 spiro atoms. The molecule has 3 aromatic carbocycles. The predicted molar refractivity (Wildman–Crippen MR) is 148 cm³/mol. The minimum Gasteiger partial charge on any atom is -0.451 e. The molecule has 0 bridgehead atoms. The summed E-state index contributed by atoms with van der Waals surface area (Å²) >= 11 is 6.14. The van der Waals surface area contributed by atoms with Gasteiger partial charge in [-0.25, -0.2) is 0 Å². The Morgan fingerprint density at radius 2 is 1.70 bits per heavy atom. The lowest BCUT2D eigenvalue weighted by molar-refractivity contribution is -0.137. The van der Waals surface area contributed by atoms with Gasteiger partial charge in [0.15, 0.2) is 5.76 Å². The number of benzene rings is 3. The van der Waals surface area contributed by atoms with Crippen molar-refractivity contribution in [2.45, 2.75) is 44.9 Å². The van der Waals surface area contributed by atoms with Gasteiger partial charge in [0.1, 0.15) is 5.76 Å². The summed E-state index contributed by atoms with van der Waals surface area (Å²) in [4.78, 5) is 30.4. The number of rotatable bonds is 5. The van der Waals surface area contributed by atoms with Crippen molar-refractivity contribution in [2.75, 3.05) is 9.80 Å². The van der Waals surface area contributed by atoms with Gasteiger partial charge in [-0.15, -0.1) is 0 Å². The smallest absolute Gasteiger partial charge is 0.416 e. The van der Waals surface area contributed by atoms with Crippen LogP contribution in [0.1, 0.15) is 54.4 Å². The molecule has 1 aromatic heterocycles. The number of carbonyl (C=O) groups is 2. The molecule has 40 heavy (non-hydrogen) atoms. The highest BCUT2D eigenvalue weighted by molar-refractivity contribution is 6.33. The molecule has 1 aliphatic rings. The first kappa shape index (κ1) is 27.5. The average Bonchev–Trinajstić information content (AvgIpc) is 3.43. The van der Waals surface area contributed by atoms with E-state index in [1.807, 2.05) is 68.4 Å². The molecule has 2 atom stereocenters. The standard InChI is InChI=1S/C31H26ClF3N2O3/c1-3-29(38)37(21-9-5-4-6-10-21)26-17-19(2)36(25-12-8-7-11-23(25)26)30(39)28-16-15-27(40-28)22-14-13-20(18-24(22)32)31(33,34)35/h4-16,18-19,26H,3,17H2,1-2H3. The van der Waals surface area contributed by atoms with Gasteiger partial charge in [0, 0.05) is 29.4 Å². The molecule has 5 nitrogen and oxygen atoms in total. The molecule has 0 fully saturated rings. The average molecular weight is 567 g/mol. The quantitative estimate of drug-likeness (QED) is 0.243. The van der Waals surface area contributed by atoms with Gasteiger partial charge in [0.25, 0.3) is 5.91 Å². The summed E-state index contributed by atoms with van der Waals surface area (Å²) in [6.45, 7) is 3.74. The van der Waals surface area contributed by atoms with Crippen LogP contribution < -0.4 is 9.80 Å². The van der Waals surface area contributed by atoms with Gasteiger partial charge in [0.2, 0.25) is 5.91 Å². The Hall–Kier alpha value is -4.04. The first-order valence-corrected chi connectivity index (χ1v) is 13.2. The third-order valence-electron chi connectivity index (χ3n) is 7.08. The van der Waals surface area contributed by atoms with Crippen LogP contribution >= 0.6 is 11.6 Å². The van der Waals surface area contributed by atoms with Crippen molar-refractivity contribution in [3.05, 3.63) is 107 Å². The van der Waals surface area contributed by atoms with Crippen molar-refractivity contribution < 1.29 is 27.2 Å². The second kappa shape index (κ2) is 10.8. The number of hydrogen-bond donors (Lipinski definition) is 0. The van der Waals surface area contributed by atoms with Crippen molar-refractivity contribution in [1.29, 1.82) is 0 Å². The van der Waals surface area contributed by atoms with Crippen molar-refractivity contribution in [3.63, 3.8) is 0 Å². The van der Waals surface area contributed by atoms with E-state index in [-0.39, 0.29) is 40.1 Å². The molecule has 2 unspecified atom stereocenters. The van der Waals surface area contributed by atoms with E-state index in [0.717, 1.165) is 23.4 Å². The zero-order valence-corrected chi connectivity index (χ0v) is 22.5. The van der Waals surface area contributed by atoms with Crippen LogP contribution in [0, 0.1) is 0 Å². The third-order valence-corrected chi connectivity index (χ3v) is 7.39. The number of furan rings is 1. The second-order valence-corrected chi connectivity index (χ2v) is 10.1. The van der Waals surface area contributed by atoms with Gasteiger partial charge in [-0.1, -0.05) is 54.9 Å². The van der Waals surface area contributed by atoms with E-state index in [9.17, 15) is 22.8 Å². The van der Waals surface area contributed by atoms with Crippen molar-refractivity contribution in [1.82, 2.24) is 0 Å². The van der Waals surface area contributed by atoms with Gasteiger partial charge in [-0.2, -0.15) is 13.2 Å². The maximum absolute atomic E-state index is 13.8. The van der Waals surface area contributed by atoms with E-state index in [2.05, 4.69) is 0 Å². The molecular formula is C31H26ClF3N2O3. The minimum absolute atomic E-state index is 0.0237.